The molecule has 38 heavy (non-hydrogen) atoms. The molecule has 0 aliphatic carbocycles. The summed E-state index contributed by atoms with van der Waals surface area (Å²) in [5, 5.41) is 9.08. The minimum Gasteiger partial charge on any atom is -0.486 e. The number of carboxylic acid groups (broad SMARTS) is 1. The van der Waals surface area contributed by atoms with E-state index in [1.54, 1.807) is 18.2 Å². The van der Waals surface area contributed by atoms with Crippen LogP contribution in [0.15, 0.2) is 71.6 Å². The van der Waals surface area contributed by atoms with Gasteiger partial charge in [-0.3, -0.25) is 9.10 Å². The molecule has 200 valence electrons. The van der Waals surface area contributed by atoms with Crippen molar-refractivity contribution in [1.82, 2.24) is 0 Å². The number of halogens is 3. The molecule has 3 aromatic carbocycles. The van der Waals surface area contributed by atoms with E-state index in [4.69, 9.17) is 9.84 Å². The van der Waals surface area contributed by atoms with Crippen LogP contribution in [0.2, 0.25) is 0 Å². The normalized spacial score (nSPS) is 16.1. The van der Waals surface area contributed by atoms with Gasteiger partial charge in [0, 0.05) is 6.42 Å². The lowest BCUT2D eigenvalue weighted by molar-refractivity contribution is -0.138. The fraction of sp³-hybridized carbons (Fsp3) is 0.250. The Morgan fingerprint density at radius 1 is 1.11 bits per heavy atom. The van der Waals surface area contributed by atoms with Crippen LogP contribution in [0.4, 0.5) is 18.9 Å². The summed E-state index contributed by atoms with van der Waals surface area (Å²) in [4.78, 5) is 10.6. The molecule has 0 radical (unpaired) electrons. The average Bonchev–Trinajstić information content (AvgIpc) is 2.86. The molecule has 0 aromatic heterocycles. The van der Waals surface area contributed by atoms with Crippen molar-refractivity contribution in [3.8, 4) is 5.75 Å². The molecule has 1 atom stereocenters. The highest BCUT2D eigenvalue weighted by molar-refractivity contribution is 7.92. The number of allylic oxidation sites excluding steroid dienone is 1. The molecule has 4 rings (SSSR count). The van der Waals surface area contributed by atoms with Gasteiger partial charge in [-0.05, 0) is 72.9 Å². The number of sulfonamides is 1. The van der Waals surface area contributed by atoms with Crippen molar-refractivity contribution < 1.29 is 36.2 Å². The van der Waals surface area contributed by atoms with Gasteiger partial charge in [0.2, 0.25) is 0 Å². The van der Waals surface area contributed by atoms with E-state index in [0.29, 0.717) is 11.6 Å². The number of nitrogens with zero attached hydrogens (tertiary/aromatic N) is 1. The molecule has 0 spiro atoms. The monoisotopic (exact) mass is 545 g/mol. The maximum atomic E-state index is 13.7. The molecule has 0 amide bonds. The Morgan fingerprint density at radius 2 is 1.84 bits per heavy atom. The SMILES string of the molecule is C/C(=C\c1ccc2c(c1)N(S(=O)(=O)c1cccc(C(F)(F)F)c1)C[C@H](CCC(=O)O)O2)c1ccccc1C. The minimum atomic E-state index is -4.72. The number of hydrogen-bond donors (Lipinski definition) is 1. The predicted molar refractivity (Wildman–Crippen MR) is 138 cm³/mol. The van der Waals surface area contributed by atoms with Crippen LogP contribution in [-0.4, -0.2) is 32.1 Å². The third kappa shape index (κ3) is 5.85. The number of ether oxygens (including phenoxy) is 1. The van der Waals surface area contributed by atoms with Crippen LogP contribution in [0, 0.1) is 6.92 Å². The molecule has 3 aromatic rings. The van der Waals surface area contributed by atoms with Gasteiger partial charge in [0.05, 0.1) is 22.7 Å². The number of anilines is 1. The van der Waals surface area contributed by atoms with Gasteiger partial charge in [0.25, 0.3) is 10.0 Å². The first-order valence-corrected chi connectivity index (χ1v) is 13.3. The van der Waals surface area contributed by atoms with Crippen LogP contribution in [-0.2, 0) is 21.0 Å². The van der Waals surface area contributed by atoms with Crippen molar-refractivity contribution in [1.29, 1.82) is 0 Å². The summed E-state index contributed by atoms with van der Waals surface area (Å²) in [5.41, 5.74) is 2.77. The Morgan fingerprint density at radius 3 is 2.53 bits per heavy atom. The molecular formula is C28H26F3NO5S. The van der Waals surface area contributed by atoms with E-state index < -0.39 is 38.7 Å². The van der Waals surface area contributed by atoms with Gasteiger partial charge >= 0.3 is 12.1 Å². The highest BCUT2D eigenvalue weighted by atomic mass is 32.2. The Labute approximate surface area is 219 Å². The van der Waals surface area contributed by atoms with Crippen molar-refractivity contribution >= 4 is 33.3 Å². The standard InChI is InChI=1S/C28H26F3NO5S/c1-18-6-3-4-9-24(18)19(2)14-20-10-12-26-25(15-20)32(17-22(37-26)11-13-27(33)34)38(35,36)23-8-5-7-21(16-23)28(29,30)31/h3-10,12,14-16,22H,11,13,17H2,1-2H3,(H,33,34)/b19-14+/t22-/m0/s1. The molecule has 1 aliphatic heterocycles. The lowest BCUT2D eigenvalue weighted by Gasteiger charge is -2.35. The van der Waals surface area contributed by atoms with Crippen molar-refractivity contribution in [2.24, 2.45) is 0 Å². The van der Waals surface area contributed by atoms with Crippen LogP contribution < -0.4 is 9.04 Å². The molecule has 1 N–H and O–H groups in total. The Bertz CT molecular complexity index is 1500. The van der Waals surface area contributed by atoms with Crippen molar-refractivity contribution in [2.45, 2.75) is 43.9 Å². The number of aryl methyl sites for hydroxylation is 1. The van der Waals surface area contributed by atoms with E-state index in [1.165, 1.54) is 0 Å². The number of benzene rings is 3. The van der Waals surface area contributed by atoms with E-state index in [-0.39, 0.29) is 30.8 Å². The highest BCUT2D eigenvalue weighted by Gasteiger charge is 2.37. The van der Waals surface area contributed by atoms with Crippen molar-refractivity contribution in [2.75, 3.05) is 10.8 Å². The van der Waals surface area contributed by atoms with Crippen LogP contribution in [0.5, 0.6) is 5.75 Å². The zero-order valence-electron chi connectivity index (χ0n) is 20.7. The number of alkyl halides is 3. The van der Waals surface area contributed by atoms with Gasteiger partial charge in [-0.1, -0.05) is 42.5 Å². The zero-order chi connectivity index (χ0) is 27.7. The van der Waals surface area contributed by atoms with Gasteiger partial charge in [0.15, 0.2) is 0 Å². The van der Waals surface area contributed by atoms with Crippen LogP contribution in [0.25, 0.3) is 11.6 Å². The number of fused-ring (bicyclic) bond motifs is 1. The third-order valence-electron chi connectivity index (χ3n) is 6.30. The van der Waals surface area contributed by atoms with Gasteiger partial charge in [-0.2, -0.15) is 13.2 Å². The maximum absolute atomic E-state index is 13.7. The Balaban J connectivity index is 1.79. The Kier molecular flexibility index (Phi) is 7.55. The summed E-state index contributed by atoms with van der Waals surface area (Å²) >= 11 is 0. The molecular weight excluding hydrogens is 519 g/mol. The van der Waals surface area contributed by atoms with Crippen molar-refractivity contribution in [3.63, 3.8) is 0 Å². The Hall–Kier alpha value is -3.79. The smallest absolute Gasteiger partial charge is 0.416 e. The number of carboxylic acids is 1. The largest absolute Gasteiger partial charge is 0.486 e. The van der Waals surface area contributed by atoms with Crippen LogP contribution in [0.1, 0.15) is 42.0 Å². The molecule has 0 saturated heterocycles. The first-order chi connectivity index (χ1) is 17.9. The maximum Gasteiger partial charge on any atom is 0.416 e. The third-order valence-corrected chi connectivity index (χ3v) is 8.07. The lowest BCUT2D eigenvalue weighted by Crippen LogP contribution is -2.43. The second-order valence-electron chi connectivity index (χ2n) is 9.10. The van der Waals surface area contributed by atoms with Gasteiger partial charge in [-0.15, -0.1) is 0 Å². The summed E-state index contributed by atoms with van der Waals surface area (Å²) in [7, 11) is -4.45. The predicted octanol–water partition coefficient (Wildman–Crippen LogP) is 6.40. The number of rotatable bonds is 7. The second-order valence-corrected chi connectivity index (χ2v) is 11.0. The van der Waals surface area contributed by atoms with Gasteiger partial charge in [0.1, 0.15) is 11.9 Å². The van der Waals surface area contributed by atoms with E-state index in [9.17, 15) is 26.4 Å². The molecule has 0 bridgehead atoms. The summed E-state index contributed by atoms with van der Waals surface area (Å²) in [6, 6.07) is 16.3. The lowest BCUT2D eigenvalue weighted by atomic mass is 9.99. The number of aliphatic carboxylic acids is 1. The average molecular weight is 546 g/mol. The summed E-state index contributed by atoms with van der Waals surface area (Å²) < 4.78 is 74.3. The molecule has 0 saturated carbocycles. The van der Waals surface area contributed by atoms with E-state index >= 15 is 0 Å². The first kappa shape index (κ1) is 27.3. The fourth-order valence-electron chi connectivity index (χ4n) is 4.38. The second kappa shape index (κ2) is 10.5. The van der Waals surface area contributed by atoms with Crippen LogP contribution in [0.3, 0.4) is 0 Å². The summed E-state index contributed by atoms with van der Waals surface area (Å²) in [5.74, 6) is -0.869. The highest BCUT2D eigenvalue weighted by Crippen LogP contribution is 2.40. The quantitative estimate of drug-likeness (QED) is 0.348. The molecule has 1 heterocycles. The topological polar surface area (TPSA) is 83.9 Å². The minimum absolute atomic E-state index is 0.0252. The van der Waals surface area contributed by atoms with E-state index in [0.717, 1.165) is 39.2 Å². The van der Waals surface area contributed by atoms with Crippen LogP contribution >= 0.6 is 0 Å². The molecule has 0 fully saturated rings. The molecule has 0 unspecified atom stereocenters. The van der Waals surface area contributed by atoms with Gasteiger partial charge in [-0.25, -0.2) is 8.42 Å². The zero-order valence-corrected chi connectivity index (χ0v) is 21.5. The molecule has 10 heteroatoms. The first-order valence-electron chi connectivity index (χ1n) is 11.8. The number of hydrogen-bond acceptors (Lipinski definition) is 4. The fourth-order valence-corrected chi connectivity index (χ4v) is 5.93. The number of carbonyl (C=O) groups is 1. The molecule has 6 nitrogen and oxygen atoms in total. The summed E-state index contributed by atoms with van der Waals surface area (Å²) in [6.45, 7) is 3.66. The van der Waals surface area contributed by atoms with Gasteiger partial charge < -0.3 is 9.84 Å². The summed E-state index contributed by atoms with van der Waals surface area (Å²) in [6.07, 6.45) is -3.86. The van der Waals surface area contributed by atoms with E-state index in [1.807, 2.05) is 44.2 Å². The van der Waals surface area contributed by atoms with E-state index in [2.05, 4.69) is 0 Å². The van der Waals surface area contributed by atoms with Crippen molar-refractivity contribution in [3.05, 3.63) is 89.0 Å². The molecule has 1 aliphatic rings.